The van der Waals surface area contributed by atoms with Crippen LogP contribution < -0.4 is 15.6 Å². The quantitative estimate of drug-likeness (QED) is 0.110. The van der Waals surface area contributed by atoms with E-state index in [9.17, 15) is 23.9 Å². The Kier molecular flexibility index (Phi) is 12.5. The lowest BCUT2D eigenvalue weighted by molar-refractivity contribution is -0.140. The van der Waals surface area contributed by atoms with E-state index in [2.05, 4.69) is 10.3 Å². The van der Waals surface area contributed by atoms with Gasteiger partial charge < -0.3 is 25.0 Å². The highest BCUT2D eigenvalue weighted by molar-refractivity contribution is 6.35. The summed E-state index contributed by atoms with van der Waals surface area (Å²) in [5.74, 6) is -0.689. The molecule has 2 aliphatic rings. The molecule has 0 unspecified atom stereocenters. The van der Waals surface area contributed by atoms with Crippen LogP contribution >= 0.6 is 11.6 Å². The Labute approximate surface area is 336 Å². The molecule has 2 N–H and O–H groups in total. The third kappa shape index (κ3) is 9.98. The molecule has 5 aromatic rings. The number of aromatic nitrogens is 3. The topological polar surface area (TPSA) is 130 Å². The predicted molar refractivity (Wildman–Crippen MR) is 219 cm³/mol. The minimum atomic E-state index is -1.26. The molecule has 0 bridgehead atoms. The SMILES string of the molecule is CN(C)CCCOc1cc2ncn(CC3(O)CCN(C(=O)[C@@H](CCCNC(=O)c4ccc5c(Cl)cc(C6CC6)nc5c4)Cc4ccccc4)CC3)c(=O)c2cc1F. The molecule has 2 amide bonds. The van der Waals surface area contributed by atoms with Crippen molar-refractivity contribution in [1.29, 1.82) is 0 Å². The van der Waals surface area contributed by atoms with Crippen molar-refractivity contribution in [2.75, 3.05) is 46.9 Å². The fraction of sp³-hybridized carbons (Fsp3) is 0.432. The summed E-state index contributed by atoms with van der Waals surface area (Å²) in [4.78, 5) is 53.6. The third-order valence-electron chi connectivity index (χ3n) is 11.1. The fourth-order valence-corrected chi connectivity index (χ4v) is 7.89. The van der Waals surface area contributed by atoms with Crippen LogP contribution in [0.15, 0.2) is 77.9 Å². The lowest BCUT2D eigenvalue weighted by Crippen LogP contribution is -2.51. The Bertz CT molecular complexity index is 2290. The van der Waals surface area contributed by atoms with Gasteiger partial charge in [-0.2, -0.15) is 0 Å². The first kappa shape index (κ1) is 40.3. The van der Waals surface area contributed by atoms with Gasteiger partial charge in [0.2, 0.25) is 5.91 Å². The van der Waals surface area contributed by atoms with Crippen molar-refractivity contribution in [3.8, 4) is 5.75 Å². The van der Waals surface area contributed by atoms with Crippen LogP contribution in [0.2, 0.25) is 5.02 Å². The number of halogens is 2. The molecule has 1 saturated carbocycles. The summed E-state index contributed by atoms with van der Waals surface area (Å²) in [7, 11) is 3.90. The summed E-state index contributed by atoms with van der Waals surface area (Å²) < 4.78 is 21.9. The standard InChI is InChI=1S/C44H50ClFN6O5/c1-50(2)18-7-21-57-40-26-38-34(24-36(40)46)43(55)52(28-48-38)27-44(56)15-19-51(20-16-44)42(54)32(22-29-8-4-3-5-9-29)10-6-17-47-41(53)31-13-14-33-35(45)25-37(30-11-12-30)49-39(33)23-31/h3-5,8-9,13-14,23-26,28,30,32,56H,6-7,10-12,15-22,27H2,1-2H3,(H,47,53)/t32-/m0/s1. The van der Waals surface area contributed by atoms with Gasteiger partial charge in [-0.1, -0.05) is 48.0 Å². The maximum Gasteiger partial charge on any atom is 0.261 e. The van der Waals surface area contributed by atoms with Crippen LogP contribution in [0.1, 0.15) is 72.5 Å². The average Bonchev–Trinajstić information content (AvgIpc) is 4.05. The lowest BCUT2D eigenvalue weighted by atomic mass is 9.88. The number of carbonyl (C=O) groups is 2. The minimum Gasteiger partial charge on any atom is -0.490 e. The van der Waals surface area contributed by atoms with E-state index in [4.69, 9.17) is 21.3 Å². The molecule has 13 heteroatoms. The Hall–Kier alpha value is -4.91. The fourth-order valence-electron chi connectivity index (χ4n) is 7.62. The maximum atomic E-state index is 14.9. The second-order valence-electron chi connectivity index (χ2n) is 15.9. The van der Waals surface area contributed by atoms with E-state index in [0.717, 1.165) is 48.5 Å². The summed E-state index contributed by atoms with van der Waals surface area (Å²) in [6.45, 7) is 2.13. The van der Waals surface area contributed by atoms with Gasteiger partial charge in [0.15, 0.2) is 11.6 Å². The van der Waals surface area contributed by atoms with Crippen LogP contribution in [-0.2, 0) is 17.8 Å². The number of fused-ring (bicyclic) bond motifs is 2. The van der Waals surface area contributed by atoms with Crippen LogP contribution in [0.25, 0.3) is 21.8 Å². The number of benzene rings is 3. The zero-order chi connectivity index (χ0) is 40.1. The number of pyridine rings is 1. The van der Waals surface area contributed by atoms with Gasteiger partial charge in [0.25, 0.3) is 11.5 Å². The van der Waals surface area contributed by atoms with Crippen molar-refractivity contribution in [2.24, 2.45) is 5.92 Å². The van der Waals surface area contributed by atoms with E-state index in [1.165, 1.54) is 17.0 Å². The van der Waals surface area contributed by atoms with Crippen LogP contribution in [0.5, 0.6) is 5.75 Å². The molecule has 3 heterocycles. The molecule has 1 atom stereocenters. The summed E-state index contributed by atoms with van der Waals surface area (Å²) >= 11 is 6.52. The zero-order valence-corrected chi connectivity index (χ0v) is 33.3. The number of amides is 2. The molecule has 0 spiro atoms. The highest BCUT2D eigenvalue weighted by atomic mass is 35.5. The van der Waals surface area contributed by atoms with Crippen molar-refractivity contribution in [3.63, 3.8) is 0 Å². The molecular weight excluding hydrogens is 747 g/mol. The van der Waals surface area contributed by atoms with Crippen LogP contribution in [0, 0.1) is 11.7 Å². The minimum absolute atomic E-state index is 0.00377. The highest BCUT2D eigenvalue weighted by Crippen LogP contribution is 2.41. The van der Waals surface area contributed by atoms with E-state index < -0.39 is 17.0 Å². The van der Waals surface area contributed by atoms with Gasteiger partial charge in [-0.3, -0.25) is 23.9 Å². The van der Waals surface area contributed by atoms with Gasteiger partial charge in [-0.25, -0.2) is 9.37 Å². The molecule has 57 heavy (non-hydrogen) atoms. The van der Waals surface area contributed by atoms with E-state index in [0.29, 0.717) is 73.0 Å². The van der Waals surface area contributed by atoms with Gasteiger partial charge in [0, 0.05) is 60.7 Å². The smallest absolute Gasteiger partial charge is 0.261 e. The number of nitrogens with one attached hydrogen (secondary N) is 1. The Morgan fingerprint density at radius 1 is 1.04 bits per heavy atom. The van der Waals surface area contributed by atoms with Gasteiger partial charge in [0.1, 0.15) is 0 Å². The number of carbonyl (C=O) groups excluding carboxylic acids is 2. The maximum absolute atomic E-state index is 14.9. The summed E-state index contributed by atoms with van der Waals surface area (Å²) in [6.07, 6.45) is 6.54. The summed E-state index contributed by atoms with van der Waals surface area (Å²) in [5, 5.41) is 16.2. The van der Waals surface area contributed by atoms with Crippen LogP contribution in [0.3, 0.4) is 0 Å². The third-order valence-corrected chi connectivity index (χ3v) is 11.4. The van der Waals surface area contributed by atoms with E-state index >= 15 is 0 Å². The molecule has 0 radical (unpaired) electrons. The summed E-state index contributed by atoms with van der Waals surface area (Å²) in [6, 6.07) is 19.8. The lowest BCUT2D eigenvalue weighted by Gasteiger charge is -2.39. The molecule has 300 valence electrons. The largest absolute Gasteiger partial charge is 0.490 e. The van der Waals surface area contributed by atoms with Crippen molar-refractivity contribution in [2.45, 2.75) is 69.4 Å². The van der Waals surface area contributed by atoms with Crippen molar-refractivity contribution >= 4 is 45.2 Å². The van der Waals surface area contributed by atoms with Gasteiger partial charge >= 0.3 is 0 Å². The molecule has 11 nitrogen and oxygen atoms in total. The van der Waals surface area contributed by atoms with Crippen molar-refractivity contribution in [3.05, 3.63) is 111 Å². The zero-order valence-electron chi connectivity index (χ0n) is 32.6. The van der Waals surface area contributed by atoms with E-state index in [1.54, 1.807) is 17.0 Å². The van der Waals surface area contributed by atoms with Gasteiger partial charge in [-0.05, 0) is 95.3 Å². The molecule has 2 aromatic heterocycles. The van der Waals surface area contributed by atoms with Gasteiger partial charge in [-0.15, -0.1) is 0 Å². The predicted octanol–water partition coefficient (Wildman–Crippen LogP) is 6.37. The van der Waals surface area contributed by atoms with Crippen molar-refractivity contribution < 1.29 is 23.8 Å². The van der Waals surface area contributed by atoms with Crippen LogP contribution in [-0.4, -0.2) is 93.7 Å². The molecule has 1 aliphatic carbocycles. The average molecular weight is 797 g/mol. The number of rotatable bonds is 16. The Morgan fingerprint density at radius 2 is 1.81 bits per heavy atom. The first-order valence-electron chi connectivity index (χ1n) is 19.9. The highest BCUT2D eigenvalue weighted by Gasteiger charge is 2.36. The number of nitrogens with zero attached hydrogens (tertiary/aromatic N) is 5. The van der Waals surface area contributed by atoms with E-state index in [-0.39, 0.29) is 48.3 Å². The second kappa shape index (κ2) is 17.7. The molecule has 1 aliphatic heterocycles. The Balaban J connectivity index is 0.950. The van der Waals surface area contributed by atoms with Gasteiger partial charge in [0.05, 0.1) is 46.5 Å². The first-order valence-corrected chi connectivity index (χ1v) is 20.2. The molecule has 2 fully saturated rings. The number of ether oxygens (including phenoxy) is 1. The number of likely N-dealkylation sites (tertiary alicyclic amines) is 1. The van der Waals surface area contributed by atoms with Crippen LogP contribution in [0.4, 0.5) is 4.39 Å². The monoisotopic (exact) mass is 796 g/mol. The number of hydrogen-bond acceptors (Lipinski definition) is 8. The molecule has 7 rings (SSSR count). The molecule has 3 aromatic carbocycles. The number of hydrogen-bond donors (Lipinski definition) is 2. The molecular formula is C44H50ClFN6O5. The Morgan fingerprint density at radius 3 is 2.54 bits per heavy atom. The van der Waals surface area contributed by atoms with Crippen molar-refractivity contribution in [1.82, 2.24) is 29.7 Å². The number of piperidine rings is 1. The first-order chi connectivity index (χ1) is 27.5. The van der Waals surface area contributed by atoms with E-state index in [1.807, 2.05) is 61.5 Å². The normalized spacial score (nSPS) is 15.9. The second-order valence-corrected chi connectivity index (χ2v) is 16.3. The summed E-state index contributed by atoms with van der Waals surface area (Å²) in [5.41, 5.74) is 1.84. The molecule has 1 saturated heterocycles. The number of aliphatic hydroxyl groups is 1.